The van der Waals surface area contributed by atoms with Crippen LogP contribution in [0.2, 0.25) is 0 Å². The zero-order valence-corrected chi connectivity index (χ0v) is 43.2. The maximum absolute atomic E-state index is 14.0. The summed E-state index contributed by atoms with van der Waals surface area (Å²) in [7, 11) is 0. The summed E-state index contributed by atoms with van der Waals surface area (Å²) in [6.07, 6.45) is 1.30. The van der Waals surface area contributed by atoms with Crippen LogP contribution < -0.4 is 21.1 Å². The minimum atomic E-state index is -0.960. The molecule has 3 atom stereocenters. The quantitative estimate of drug-likeness (QED) is 0.0477. The zero-order valence-electron chi connectivity index (χ0n) is 42.4. The van der Waals surface area contributed by atoms with Crippen LogP contribution >= 0.6 is 11.3 Å². The standard InChI is InChI=1S/C56H65N7O9S/c1-34-49(36(3)72-61-34)40-25-44(53(57)66)50-43-28-42(19-20-45(43)62(46(50)26-40)30-38-13-8-7-9-14-38)71-24-11-10-21-69-22-12-23-70-32-48(65)60-52(56(4,5)6)55(68)63-31-41(64)27-47(63)54(67)58-29-37-15-17-39(18-16-37)51-35(2)59-33-73-51/h7-9,13-20,25-26,28,33,41,47,52,64H,10-12,21-24,27,29-32H2,1-6H3,(H2,57,66)(H,58,67)(H,60,65)/t41-,47+,52-/m1/s1. The zero-order chi connectivity index (χ0) is 51.8. The van der Waals surface area contributed by atoms with Crippen LogP contribution in [0.5, 0.6) is 5.75 Å². The van der Waals surface area contributed by atoms with E-state index in [4.69, 9.17) is 24.5 Å². The van der Waals surface area contributed by atoms with Gasteiger partial charge in [-0.2, -0.15) is 0 Å². The number of likely N-dealkylation sites (tertiary alicyclic amines) is 1. The molecule has 0 unspecified atom stereocenters. The van der Waals surface area contributed by atoms with E-state index in [2.05, 4.69) is 43.5 Å². The smallest absolute Gasteiger partial charge is 0.249 e. The van der Waals surface area contributed by atoms with Crippen LogP contribution in [0.4, 0.5) is 0 Å². The monoisotopic (exact) mass is 1010 g/mol. The second kappa shape index (κ2) is 23.3. The number of aliphatic hydroxyl groups excluding tert-OH is 1. The van der Waals surface area contributed by atoms with E-state index in [0.717, 1.165) is 78.7 Å². The summed E-state index contributed by atoms with van der Waals surface area (Å²) in [6, 6.07) is 26.0. The summed E-state index contributed by atoms with van der Waals surface area (Å²) < 4.78 is 25.4. The van der Waals surface area contributed by atoms with Gasteiger partial charge >= 0.3 is 0 Å². The Bertz CT molecular complexity index is 3050. The SMILES string of the molecule is Cc1ncsc1-c1ccc(CNC(=O)[C@@H]2C[C@@H](O)CN2C(=O)[C@@H](NC(=O)COCCCOCCCCOc2ccc3c(c2)c2c(C(N)=O)cc(-c4c(C)noc4C)cc2n3Cc2ccccc2)C(C)(C)C)cc1. The summed E-state index contributed by atoms with van der Waals surface area (Å²) in [5, 5.41) is 22.1. The van der Waals surface area contributed by atoms with Crippen LogP contribution in [0.1, 0.15) is 85.1 Å². The Labute approximate surface area is 429 Å². The number of hydrogen-bond acceptors (Lipinski definition) is 12. The number of hydrogen-bond donors (Lipinski definition) is 4. The number of aryl methyl sites for hydroxylation is 3. The number of aliphatic hydroxyl groups is 1. The summed E-state index contributed by atoms with van der Waals surface area (Å²) in [4.78, 5) is 60.5. The van der Waals surface area contributed by atoms with Crippen LogP contribution in [0, 0.1) is 26.2 Å². The molecule has 0 radical (unpaired) electrons. The Balaban J connectivity index is 0.771. The topological polar surface area (TPSA) is 213 Å². The number of nitrogens with one attached hydrogen (secondary N) is 2. The molecule has 1 saturated heterocycles. The molecule has 4 heterocycles. The van der Waals surface area contributed by atoms with Crippen LogP contribution in [0.15, 0.2) is 95.0 Å². The van der Waals surface area contributed by atoms with Crippen molar-refractivity contribution < 1.29 is 43.0 Å². The van der Waals surface area contributed by atoms with Gasteiger partial charge in [0.25, 0.3) is 0 Å². The first-order valence-corrected chi connectivity index (χ1v) is 25.7. The third kappa shape index (κ3) is 12.5. The molecule has 0 bridgehead atoms. The highest BCUT2D eigenvalue weighted by Gasteiger charge is 2.44. The normalized spacial score (nSPS) is 15.2. The molecular formula is C56H65N7O9S. The first-order chi connectivity index (χ1) is 35.1. The fourth-order valence-corrected chi connectivity index (χ4v) is 10.3. The van der Waals surface area contributed by atoms with Crippen molar-refractivity contribution in [2.75, 3.05) is 39.6 Å². The van der Waals surface area contributed by atoms with Gasteiger partial charge < -0.3 is 49.7 Å². The number of nitrogens with two attached hydrogens (primary N) is 1. The molecule has 8 rings (SSSR count). The second-order valence-electron chi connectivity index (χ2n) is 19.8. The number of ether oxygens (including phenoxy) is 3. The predicted octanol–water partition coefficient (Wildman–Crippen LogP) is 8.04. The molecule has 1 aliphatic heterocycles. The predicted molar refractivity (Wildman–Crippen MR) is 281 cm³/mol. The number of carbonyl (C=O) groups is 4. The first-order valence-electron chi connectivity index (χ1n) is 24.8. The molecule has 0 saturated carbocycles. The first kappa shape index (κ1) is 52.4. The molecule has 5 N–H and O–H groups in total. The Kier molecular flexibility index (Phi) is 16.7. The molecule has 1 aliphatic rings. The number of nitrogens with zero attached hydrogens (tertiary/aromatic N) is 4. The van der Waals surface area contributed by atoms with E-state index in [1.165, 1.54) is 4.90 Å². The molecule has 16 nitrogen and oxygen atoms in total. The average Bonchev–Trinajstić information content (AvgIpc) is 4.15. The Morgan fingerprint density at radius 1 is 0.863 bits per heavy atom. The molecule has 7 aromatic rings. The van der Waals surface area contributed by atoms with E-state index in [-0.39, 0.29) is 38.6 Å². The van der Waals surface area contributed by atoms with Crippen LogP contribution in [-0.4, -0.2) is 106 Å². The number of amides is 4. The van der Waals surface area contributed by atoms with Crippen LogP contribution in [-0.2, 0) is 36.9 Å². The van der Waals surface area contributed by atoms with Crippen molar-refractivity contribution in [1.29, 1.82) is 0 Å². The van der Waals surface area contributed by atoms with Crippen molar-refractivity contribution in [3.05, 3.63) is 124 Å². The molecule has 3 aromatic heterocycles. The number of rotatable bonds is 22. The number of unbranched alkanes of at least 4 members (excludes halogenated alkanes) is 1. The third-order valence-corrected chi connectivity index (χ3v) is 14.2. The minimum absolute atomic E-state index is 0.0152. The lowest BCUT2D eigenvalue weighted by Crippen LogP contribution is -2.58. The molecule has 0 aliphatic carbocycles. The Morgan fingerprint density at radius 2 is 1.60 bits per heavy atom. The molecule has 384 valence electrons. The lowest BCUT2D eigenvalue weighted by atomic mass is 9.85. The van der Waals surface area contributed by atoms with Gasteiger partial charge in [-0.25, -0.2) is 4.98 Å². The van der Waals surface area contributed by atoms with Crippen molar-refractivity contribution in [2.24, 2.45) is 11.1 Å². The van der Waals surface area contributed by atoms with Gasteiger partial charge in [-0.05, 0) is 98.0 Å². The van der Waals surface area contributed by atoms with Crippen molar-refractivity contribution in [1.82, 2.24) is 30.2 Å². The van der Waals surface area contributed by atoms with E-state index in [1.807, 2.05) is 114 Å². The van der Waals surface area contributed by atoms with Crippen molar-refractivity contribution in [3.8, 4) is 27.3 Å². The van der Waals surface area contributed by atoms with Crippen molar-refractivity contribution in [3.63, 3.8) is 0 Å². The van der Waals surface area contributed by atoms with E-state index >= 15 is 0 Å². The molecule has 4 aromatic carbocycles. The van der Waals surface area contributed by atoms with Crippen molar-refractivity contribution in [2.45, 2.75) is 98.5 Å². The Morgan fingerprint density at radius 3 is 2.30 bits per heavy atom. The maximum atomic E-state index is 14.0. The summed E-state index contributed by atoms with van der Waals surface area (Å²) >= 11 is 1.57. The molecule has 17 heteroatoms. The molecule has 4 amide bonds. The van der Waals surface area contributed by atoms with Gasteiger partial charge in [0.1, 0.15) is 30.2 Å². The number of benzene rings is 4. The van der Waals surface area contributed by atoms with Crippen LogP contribution in [0.25, 0.3) is 43.4 Å². The highest BCUT2D eigenvalue weighted by atomic mass is 32.1. The fourth-order valence-electron chi connectivity index (χ4n) is 9.47. The average molecular weight is 1010 g/mol. The largest absolute Gasteiger partial charge is 0.494 e. The van der Waals surface area contributed by atoms with Gasteiger partial charge in [-0.15, -0.1) is 11.3 Å². The number of β-amino-alcohol motifs (C(OH)–C–C–N with tert-alkyl or cyclic N) is 1. The second-order valence-corrected chi connectivity index (χ2v) is 20.6. The molecule has 0 spiro atoms. The maximum Gasteiger partial charge on any atom is 0.249 e. The van der Waals surface area contributed by atoms with Gasteiger partial charge in [-0.1, -0.05) is 80.5 Å². The highest BCUT2D eigenvalue weighted by molar-refractivity contribution is 7.13. The van der Waals surface area contributed by atoms with E-state index in [0.29, 0.717) is 49.9 Å². The number of thiazole rings is 1. The van der Waals surface area contributed by atoms with Crippen molar-refractivity contribution >= 4 is 56.8 Å². The third-order valence-electron chi connectivity index (χ3n) is 13.2. The summed E-state index contributed by atoms with van der Waals surface area (Å²) in [5.41, 5.74) is 15.8. The number of primary amides is 1. The van der Waals surface area contributed by atoms with E-state index in [9.17, 15) is 24.3 Å². The summed E-state index contributed by atoms with van der Waals surface area (Å²) in [5.74, 6) is -0.464. The van der Waals surface area contributed by atoms with Gasteiger partial charge in [0, 0.05) is 73.3 Å². The number of fused-ring (bicyclic) bond motifs is 3. The lowest BCUT2D eigenvalue weighted by molar-refractivity contribution is -0.144. The number of carbonyl (C=O) groups excluding carboxylic acids is 4. The van der Waals surface area contributed by atoms with Gasteiger partial charge in [0.05, 0.1) is 40.0 Å². The van der Waals surface area contributed by atoms with Crippen LogP contribution in [0.3, 0.4) is 0 Å². The summed E-state index contributed by atoms with van der Waals surface area (Å²) in [6.45, 7) is 13.5. The van der Waals surface area contributed by atoms with Gasteiger partial charge in [0.15, 0.2) is 0 Å². The minimum Gasteiger partial charge on any atom is -0.494 e. The number of aromatic nitrogens is 3. The fraction of sp³-hybridized carbons (Fsp3) is 0.393. The van der Waals surface area contributed by atoms with E-state index in [1.54, 1.807) is 11.3 Å². The van der Waals surface area contributed by atoms with E-state index < -0.39 is 41.3 Å². The molecule has 1 fully saturated rings. The highest BCUT2D eigenvalue weighted by Crippen LogP contribution is 2.39. The Hall–Kier alpha value is -6.92. The lowest BCUT2D eigenvalue weighted by Gasteiger charge is -2.35. The molecule has 73 heavy (non-hydrogen) atoms. The van der Waals surface area contributed by atoms with Gasteiger partial charge in [0.2, 0.25) is 23.6 Å². The molecular weight excluding hydrogens is 947 g/mol. The van der Waals surface area contributed by atoms with Gasteiger partial charge in [-0.3, -0.25) is 19.2 Å².